The first kappa shape index (κ1) is 23.0. The Morgan fingerprint density at radius 1 is 0.824 bits per heavy atom. The highest BCUT2D eigenvalue weighted by molar-refractivity contribution is 6.46. The van der Waals surface area contributed by atoms with Crippen LogP contribution in [-0.4, -0.2) is 26.0 Å². The number of hydrogen-bond donors (Lipinski definition) is 1. The molecule has 0 atom stereocenters. The Labute approximate surface area is 195 Å². The maximum absolute atomic E-state index is 14.6. The lowest BCUT2D eigenvalue weighted by molar-refractivity contribution is -0.120. The first-order chi connectivity index (χ1) is 16.2. The van der Waals surface area contributed by atoms with Gasteiger partial charge < -0.3 is 14.8 Å². The minimum atomic E-state index is -1.02. The molecular weight excluding hydrogens is 442 g/mol. The number of halogens is 2. The second kappa shape index (κ2) is 8.97. The number of amides is 2. The number of aryl methyl sites for hydroxylation is 2. The van der Waals surface area contributed by atoms with Crippen LogP contribution in [0.5, 0.6) is 11.5 Å². The van der Waals surface area contributed by atoms with E-state index >= 15 is 0 Å². The molecule has 1 N–H and O–H groups in total. The van der Waals surface area contributed by atoms with Crippen LogP contribution in [0.3, 0.4) is 0 Å². The molecule has 3 aromatic rings. The van der Waals surface area contributed by atoms with E-state index in [2.05, 4.69) is 5.32 Å². The monoisotopic (exact) mass is 464 g/mol. The normalized spacial score (nSPS) is 13.5. The zero-order valence-electron chi connectivity index (χ0n) is 19.0. The summed E-state index contributed by atoms with van der Waals surface area (Å²) in [6.45, 7) is 3.73. The van der Waals surface area contributed by atoms with Gasteiger partial charge in [0.1, 0.15) is 28.8 Å². The maximum Gasteiger partial charge on any atom is 0.282 e. The summed E-state index contributed by atoms with van der Waals surface area (Å²) in [5, 5.41) is 3.00. The number of anilines is 2. The van der Waals surface area contributed by atoms with Crippen LogP contribution < -0.4 is 19.7 Å². The second-order valence-electron chi connectivity index (χ2n) is 7.84. The predicted octanol–water partition coefficient (Wildman–Crippen LogP) is 5.00. The zero-order chi connectivity index (χ0) is 24.6. The number of benzene rings is 3. The molecule has 0 saturated heterocycles. The average molecular weight is 464 g/mol. The highest BCUT2D eigenvalue weighted by Gasteiger charge is 2.42. The molecule has 1 aliphatic heterocycles. The van der Waals surface area contributed by atoms with Crippen molar-refractivity contribution in [2.24, 2.45) is 0 Å². The Kier molecular flexibility index (Phi) is 6.06. The summed E-state index contributed by atoms with van der Waals surface area (Å²) < 4.78 is 38.7. The van der Waals surface area contributed by atoms with Crippen molar-refractivity contribution in [2.45, 2.75) is 13.8 Å². The third kappa shape index (κ3) is 4.10. The van der Waals surface area contributed by atoms with E-state index in [1.807, 2.05) is 26.0 Å². The van der Waals surface area contributed by atoms with Crippen LogP contribution in [0.2, 0.25) is 0 Å². The van der Waals surface area contributed by atoms with Crippen LogP contribution in [-0.2, 0) is 9.59 Å². The molecule has 1 aliphatic rings. The third-order valence-corrected chi connectivity index (χ3v) is 5.51. The van der Waals surface area contributed by atoms with Crippen molar-refractivity contribution in [2.75, 3.05) is 24.4 Å². The maximum atomic E-state index is 14.6. The molecule has 2 amide bonds. The van der Waals surface area contributed by atoms with Gasteiger partial charge in [-0.15, -0.1) is 0 Å². The van der Waals surface area contributed by atoms with Crippen LogP contribution in [0.25, 0.3) is 5.57 Å². The number of nitrogens with zero attached hydrogens (tertiary/aromatic N) is 1. The summed E-state index contributed by atoms with van der Waals surface area (Å²) in [5.41, 5.74) is 2.39. The molecule has 174 valence electrons. The van der Waals surface area contributed by atoms with Crippen molar-refractivity contribution < 1.29 is 27.8 Å². The van der Waals surface area contributed by atoms with Gasteiger partial charge in [-0.05, 0) is 37.1 Å². The number of imide groups is 1. The minimum absolute atomic E-state index is 0.0454. The van der Waals surface area contributed by atoms with Crippen molar-refractivity contribution in [3.05, 3.63) is 88.6 Å². The van der Waals surface area contributed by atoms with Gasteiger partial charge in [0.2, 0.25) is 0 Å². The van der Waals surface area contributed by atoms with Crippen LogP contribution in [0.15, 0.2) is 60.3 Å². The molecule has 34 heavy (non-hydrogen) atoms. The third-order valence-electron chi connectivity index (χ3n) is 5.51. The summed E-state index contributed by atoms with van der Waals surface area (Å²) in [5.74, 6) is -2.40. The van der Waals surface area contributed by atoms with Gasteiger partial charge in [0.15, 0.2) is 0 Å². The molecule has 0 spiro atoms. The quantitative estimate of drug-likeness (QED) is 0.521. The van der Waals surface area contributed by atoms with Gasteiger partial charge >= 0.3 is 0 Å². The van der Waals surface area contributed by atoms with Gasteiger partial charge in [0.05, 0.1) is 25.5 Å². The van der Waals surface area contributed by atoms with Gasteiger partial charge in [-0.25, -0.2) is 13.7 Å². The van der Waals surface area contributed by atoms with E-state index in [1.165, 1.54) is 14.2 Å². The minimum Gasteiger partial charge on any atom is -0.497 e. The number of ether oxygens (including phenoxy) is 2. The van der Waals surface area contributed by atoms with E-state index < -0.39 is 23.4 Å². The fourth-order valence-electron chi connectivity index (χ4n) is 3.89. The summed E-state index contributed by atoms with van der Waals surface area (Å²) in [6.07, 6.45) is 0. The first-order valence-corrected chi connectivity index (χ1v) is 10.4. The number of methoxy groups -OCH3 is 2. The van der Waals surface area contributed by atoms with Gasteiger partial charge in [0, 0.05) is 30.0 Å². The Bertz CT molecular complexity index is 1330. The van der Waals surface area contributed by atoms with Crippen LogP contribution in [0, 0.1) is 25.5 Å². The zero-order valence-corrected chi connectivity index (χ0v) is 19.0. The average Bonchev–Trinajstić information content (AvgIpc) is 3.03. The number of carbonyl (C=O) groups is 2. The van der Waals surface area contributed by atoms with Crippen molar-refractivity contribution in [1.29, 1.82) is 0 Å². The molecule has 6 nitrogen and oxygen atoms in total. The van der Waals surface area contributed by atoms with Crippen molar-refractivity contribution in [3.8, 4) is 11.5 Å². The van der Waals surface area contributed by atoms with Crippen molar-refractivity contribution in [1.82, 2.24) is 0 Å². The summed E-state index contributed by atoms with van der Waals surface area (Å²) >= 11 is 0. The number of carbonyl (C=O) groups excluding carboxylic acids is 2. The lowest BCUT2D eigenvalue weighted by Crippen LogP contribution is -2.33. The number of hydrogen-bond acceptors (Lipinski definition) is 5. The molecule has 0 aromatic heterocycles. The molecule has 0 radical (unpaired) electrons. The van der Waals surface area contributed by atoms with E-state index in [-0.39, 0.29) is 17.0 Å². The highest BCUT2D eigenvalue weighted by atomic mass is 19.1. The van der Waals surface area contributed by atoms with E-state index in [0.717, 1.165) is 23.3 Å². The summed E-state index contributed by atoms with van der Waals surface area (Å²) in [4.78, 5) is 27.7. The largest absolute Gasteiger partial charge is 0.497 e. The van der Waals surface area contributed by atoms with Crippen molar-refractivity contribution >= 4 is 28.8 Å². The van der Waals surface area contributed by atoms with E-state index in [4.69, 9.17) is 9.47 Å². The molecule has 0 bridgehead atoms. The van der Waals surface area contributed by atoms with Gasteiger partial charge in [0.25, 0.3) is 11.8 Å². The second-order valence-corrected chi connectivity index (χ2v) is 7.84. The van der Waals surface area contributed by atoms with Crippen LogP contribution >= 0.6 is 0 Å². The Morgan fingerprint density at radius 3 is 2.09 bits per heavy atom. The number of rotatable bonds is 6. The molecule has 1 heterocycles. The SMILES string of the molecule is COc1cc(NC2=C(c3ccc(C)cc3C)C(=O)N(c3ccc(F)cc3F)C2=O)cc(OC)c1. The number of nitrogens with one attached hydrogen (secondary N) is 1. The fraction of sp³-hybridized carbons (Fsp3) is 0.154. The van der Waals surface area contributed by atoms with E-state index in [0.29, 0.717) is 33.7 Å². The molecule has 0 aliphatic carbocycles. The fourth-order valence-corrected chi connectivity index (χ4v) is 3.89. The van der Waals surface area contributed by atoms with Gasteiger partial charge in [-0.1, -0.05) is 23.8 Å². The molecular formula is C26H22F2N2O4. The predicted molar refractivity (Wildman–Crippen MR) is 125 cm³/mol. The summed E-state index contributed by atoms with van der Waals surface area (Å²) in [6, 6.07) is 13.1. The smallest absolute Gasteiger partial charge is 0.282 e. The van der Waals surface area contributed by atoms with Crippen molar-refractivity contribution in [3.63, 3.8) is 0 Å². The Hall–Kier alpha value is -4.20. The lowest BCUT2D eigenvalue weighted by atomic mass is 9.97. The molecule has 0 fully saturated rings. The molecule has 3 aromatic carbocycles. The van der Waals surface area contributed by atoms with E-state index in [9.17, 15) is 18.4 Å². The van der Waals surface area contributed by atoms with Crippen LogP contribution in [0.4, 0.5) is 20.2 Å². The molecule has 0 unspecified atom stereocenters. The summed E-state index contributed by atoms with van der Waals surface area (Å²) in [7, 11) is 2.98. The standard InChI is InChI=1S/C26H22F2N2O4/c1-14-5-7-20(15(2)9-14)23-24(29-17-11-18(33-3)13-19(12-17)34-4)26(32)30(25(23)31)22-8-6-16(27)10-21(22)28/h5-13,29H,1-4H3. The molecule has 4 rings (SSSR count). The Morgan fingerprint density at radius 2 is 1.50 bits per heavy atom. The first-order valence-electron chi connectivity index (χ1n) is 10.4. The topological polar surface area (TPSA) is 67.9 Å². The van der Waals surface area contributed by atoms with E-state index in [1.54, 1.807) is 24.3 Å². The molecule has 0 saturated carbocycles. The lowest BCUT2D eigenvalue weighted by Gasteiger charge is -2.16. The van der Waals surface area contributed by atoms with Gasteiger partial charge in [-0.3, -0.25) is 9.59 Å². The highest BCUT2D eigenvalue weighted by Crippen LogP contribution is 2.37. The molecule has 8 heteroatoms. The Balaban J connectivity index is 1.88. The van der Waals surface area contributed by atoms with Gasteiger partial charge in [-0.2, -0.15) is 0 Å². The van der Waals surface area contributed by atoms with Crippen LogP contribution in [0.1, 0.15) is 16.7 Å².